The van der Waals surface area contributed by atoms with Gasteiger partial charge in [-0.1, -0.05) is 18.2 Å². The number of rotatable bonds is 2. The topological polar surface area (TPSA) is 58.2 Å². The SMILES string of the molecule is COc1ccccc1C1c2[nH]c3ncccc3c2CCN1C(C)=O. The van der Waals surface area contributed by atoms with E-state index in [-0.39, 0.29) is 11.9 Å². The Morgan fingerprint density at radius 1 is 1.29 bits per heavy atom. The van der Waals surface area contributed by atoms with Crippen molar-refractivity contribution < 1.29 is 9.53 Å². The normalized spacial score (nSPS) is 16.9. The predicted octanol–water partition coefficient (Wildman–Crippen LogP) is 3.07. The van der Waals surface area contributed by atoms with Crippen molar-refractivity contribution in [3.63, 3.8) is 0 Å². The lowest BCUT2D eigenvalue weighted by atomic mass is 9.92. The van der Waals surface area contributed by atoms with E-state index >= 15 is 0 Å². The molecule has 4 rings (SSSR count). The second-order valence-corrected chi connectivity index (χ2v) is 6.02. The Balaban J connectivity index is 1.96. The molecule has 0 saturated carbocycles. The Hall–Kier alpha value is -2.82. The highest BCUT2D eigenvalue weighted by Gasteiger charge is 2.34. The van der Waals surface area contributed by atoms with E-state index in [0.717, 1.165) is 34.5 Å². The van der Waals surface area contributed by atoms with E-state index in [1.54, 1.807) is 20.2 Å². The van der Waals surface area contributed by atoms with Crippen LogP contribution in [-0.2, 0) is 11.2 Å². The number of amides is 1. The van der Waals surface area contributed by atoms with Crippen molar-refractivity contribution in [1.82, 2.24) is 14.9 Å². The van der Waals surface area contributed by atoms with Gasteiger partial charge < -0.3 is 14.6 Å². The maximum atomic E-state index is 12.3. The number of aromatic amines is 1. The molecular weight excluding hydrogens is 302 g/mol. The van der Waals surface area contributed by atoms with Crippen LogP contribution in [0.4, 0.5) is 0 Å². The standard InChI is InChI=1S/C19H19N3O2/c1-12(23)22-11-9-13-14-7-5-10-20-19(14)21-17(13)18(22)15-6-3-4-8-16(15)24-2/h3-8,10,18H,9,11H2,1-2H3,(H,20,21). The molecule has 5 heteroatoms. The first-order chi connectivity index (χ1) is 11.7. The zero-order valence-corrected chi connectivity index (χ0v) is 13.7. The number of carbonyl (C=O) groups is 1. The highest BCUT2D eigenvalue weighted by atomic mass is 16.5. The summed E-state index contributed by atoms with van der Waals surface area (Å²) in [5.41, 5.74) is 4.14. The number of nitrogens with one attached hydrogen (secondary N) is 1. The van der Waals surface area contributed by atoms with E-state index in [4.69, 9.17) is 4.74 Å². The molecule has 1 atom stereocenters. The summed E-state index contributed by atoms with van der Waals surface area (Å²) in [7, 11) is 1.66. The molecule has 24 heavy (non-hydrogen) atoms. The molecule has 3 aromatic rings. The molecule has 5 nitrogen and oxygen atoms in total. The van der Waals surface area contributed by atoms with Gasteiger partial charge in [-0.2, -0.15) is 0 Å². The summed E-state index contributed by atoms with van der Waals surface area (Å²) in [6, 6.07) is 11.7. The molecule has 0 fully saturated rings. The smallest absolute Gasteiger partial charge is 0.220 e. The van der Waals surface area contributed by atoms with Crippen molar-refractivity contribution in [2.24, 2.45) is 0 Å². The quantitative estimate of drug-likeness (QED) is 0.789. The predicted molar refractivity (Wildman–Crippen MR) is 92.0 cm³/mol. The Kier molecular flexibility index (Phi) is 3.49. The van der Waals surface area contributed by atoms with E-state index < -0.39 is 0 Å². The molecule has 2 aromatic heterocycles. The molecule has 1 unspecified atom stereocenters. The van der Waals surface area contributed by atoms with E-state index in [0.29, 0.717) is 6.54 Å². The number of pyridine rings is 1. The first-order valence-corrected chi connectivity index (χ1v) is 8.06. The lowest BCUT2D eigenvalue weighted by molar-refractivity contribution is -0.130. The Labute approximate surface area is 140 Å². The largest absolute Gasteiger partial charge is 0.496 e. The van der Waals surface area contributed by atoms with Gasteiger partial charge in [0, 0.05) is 36.3 Å². The molecule has 0 saturated heterocycles. The van der Waals surface area contributed by atoms with Crippen molar-refractivity contribution in [2.75, 3.05) is 13.7 Å². The molecule has 0 aliphatic carbocycles. The molecule has 0 bridgehead atoms. The third-order valence-corrected chi connectivity index (χ3v) is 4.74. The average Bonchev–Trinajstić information content (AvgIpc) is 2.99. The van der Waals surface area contributed by atoms with Gasteiger partial charge in [0.2, 0.25) is 5.91 Å². The van der Waals surface area contributed by atoms with Crippen LogP contribution in [0.3, 0.4) is 0 Å². The Bertz CT molecular complexity index is 916. The van der Waals surface area contributed by atoms with E-state index in [1.807, 2.05) is 35.2 Å². The third kappa shape index (κ3) is 2.16. The maximum absolute atomic E-state index is 12.3. The summed E-state index contributed by atoms with van der Waals surface area (Å²) >= 11 is 0. The highest BCUT2D eigenvalue weighted by Crippen LogP contribution is 2.40. The number of para-hydroxylation sites is 1. The van der Waals surface area contributed by atoms with Crippen molar-refractivity contribution in [3.05, 3.63) is 59.4 Å². The summed E-state index contributed by atoms with van der Waals surface area (Å²) in [5, 5.41) is 1.13. The minimum atomic E-state index is -0.184. The monoisotopic (exact) mass is 321 g/mol. The van der Waals surface area contributed by atoms with Crippen LogP contribution in [-0.4, -0.2) is 34.4 Å². The molecule has 1 amide bonds. The van der Waals surface area contributed by atoms with E-state index in [9.17, 15) is 4.79 Å². The van der Waals surface area contributed by atoms with Gasteiger partial charge in [0.1, 0.15) is 17.4 Å². The number of fused-ring (bicyclic) bond motifs is 3. The first kappa shape index (κ1) is 14.8. The number of nitrogens with zero attached hydrogens (tertiary/aromatic N) is 2. The lowest BCUT2D eigenvalue weighted by Gasteiger charge is -2.36. The van der Waals surface area contributed by atoms with Crippen LogP contribution >= 0.6 is 0 Å². The molecule has 0 radical (unpaired) electrons. The van der Waals surface area contributed by atoms with Crippen molar-refractivity contribution in [2.45, 2.75) is 19.4 Å². The van der Waals surface area contributed by atoms with E-state index in [2.05, 4.69) is 16.0 Å². The number of methoxy groups -OCH3 is 1. The zero-order valence-electron chi connectivity index (χ0n) is 13.7. The molecule has 1 aliphatic rings. The third-order valence-electron chi connectivity index (χ3n) is 4.74. The number of aromatic nitrogens is 2. The van der Waals surface area contributed by atoms with Gasteiger partial charge in [-0.05, 0) is 30.2 Å². The van der Waals surface area contributed by atoms with E-state index in [1.165, 1.54) is 5.56 Å². The fourth-order valence-corrected chi connectivity index (χ4v) is 3.67. The second kappa shape index (κ2) is 5.67. The van der Waals surface area contributed by atoms with Crippen molar-refractivity contribution in [3.8, 4) is 5.75 Å². The average molecular weight is 321 g/mol. The van der Waals surface area contributed by atoms with Crippen LogP contribution in [0.1, 0.15) is 29.8 Å². The van der Waals surface area contributed by atoms with Gasteiger partial charge in [-0.3, -0.25) is 4.79 Å². The molecule has 122 valence electrons. The number of benzene rings is 1. The van der Waals surface area contributed by atoms with Crippen LogP contribution in [0.2, 0.25) is 0 Å². The van der Waals surface area contributed by atoms with Gasteiger partial charge in [-0.25, -0.2) is 4.98 Å². The van der Waals surface area contributed by atoms with Crippen LogP contribution < -0.4 is 4.74 Å². The van der Waals surface area contributed by atoms with Crippen molar-refractivity contribution in [1.29, 1.82) is 0 Å². The first-order valence-electron chi connectivity index (χ1n) is 8.06. The van der Waals surface area contributed by atoms with Gasteiger partial charge >= 0.3 is 0 Å². The lowest BCUT2D eigenvalue weighted by Crippen LogP contribution is -2.39. The van der Waals surface area contributed by atoms with Crippen molar-refractivity contribution >= 4 is 16.9 Å². The van der Waals surface area contributed by atoms with Gasteiger partial charge in [0.05, 0.1) is 7.11 Å². The minimum absolute atomic E-state index is 0.0585. The van der Waals surface area contributed by atoms with Gasteiger partial charge in [0.25, 0.3) is 0 Å². The van der Waals surface area contributed by atoms with Crippen LogP contribution in [0.5, 0.6) is 5.75 Å². The minimum Gasteiger partial charge on any atom is -0.496 e. The van der Waals surface area contributed by atoms with Gasteiger partial charge in [-0.15, -0.1) is 0 Å². The summed E-state index contributed by atoms with van der Waals surface area (Å²) in [4.78, 5) is 22.0. The van der Waals surface area contributed by atoms with Gasteiger partial charge in [0.15, 0.2) is 0 Å². The summed E-state index contributed by atoms with van der Waals surface area (Å²) < 4.78 is 5.55. The maximum Gasteiger partial charge on any atom is 0.220 e. The van der Waals surface area contributed by atoms with Crippen LogP contribution in [0, 0.1) is 0 Å². The van der Waals surface area contributed by atoms with Crippen LogP contribution in [0.25, 0.3) is 11.0 Å². The molecule has 0 spiro atoms. The number of H-pyrrole nitrogens is 1. The number of carbonyl (C=O) groups excluding carboxylic acids is 1. The fraction of sp³-hybridized carbons (Fsp3) is 0.263. The number of ether oxygens (including phenoxy) is 1. The summed E-state index contributed by atoms with van der Waals surface area (Å²) in [6.45, 7) is 2.31. The molecule has 3 heterocycles. The number of hydrogen-bond acceptors (Lipinski definition) is 3. The fourth-order valence-electron chi connectivity index (χ4n) is 3.67. The summed E-state index contributed by atoms with van der Waals surface area (Å²) in [5.74, 6) is 0.844. The Morgan fingerprint density at radius 3 is 2.92 bits per heavy atom. The molecular formula is C19H19N3O2. The number of hydrogen-bond donors (Lipinski definition) is 1. The molecule has 1 aromatic carbocycles. The Morgan fingerprint density at radius 2 is 2.12 bits per heavy atom. The molecule has 1 N–H and O–H groups in total. The van der Waals surface area contributed by atoms with Crippen LogP contribution in [0.15, 0.2) is 42.6 Å². The zero-order chi connectivity index (χ0) is 16.7. The highest BCUT2D eigenvalue weighted by molar-refractivity contribution is 5.83. The summed E-state index contributed by atoms with van der Waals surface area (Å²) in [6.07, 6.45) is 2.61. The second-order valence-electron chi connectivity index (χ2n) is 6.02. The molecule has 1 aliphatic heterocycles.